The second-order valence-corrected chi connectivity index (χ2v) is 4.20. The first-order valence-electron chi connectivity index (χ1n) is 5.78. The summed E-state index contributed by atoms with van der Waals surface area (Å²) >= 11 is 0. The zero-order valence-electron chi connectivity index (χ0n) is 10.6. The minimum Gasteiger partial charge on any atom is -0.393 e. The Morgan fingerprint density at radius 3 is 2.56 bits per heavy atom. The second kappa shape index (κ2) is 6.76. The molecular weight excluding hydrogens is 232 g/mol. The highest BCUT2D eigenvalue weighted by Crippen LogP contribution is 2.10. The van der Waals surface area contributed by atoms with E-state index in [2.05, 4.69) is 5.32 Å². The molecule has 0 aliphatic heterocycles. The maximum atomic E-state index is 12.0. The number of nitrogens with one attached hydrogen (secondary N) is 1. The molecule has 0 saturated heterocycles. The van der Waals surface area contributed by atoms with Crippen molar-refractivity contribution >= 4 is 18.0 Å². The molecule has 0 radical (unpaired) electrons. The van der Waals surface area contributed by atoms with Crippen LogP contribution in [0.25, 0.3) is 0 Å². The van der Waals surface area contributed by atoms with Crippen LogP contribution >= 0.6 is 0 Å². The van der Waals surface area contributed by atoms with Gasteiger partial charge in [-0.05, 0) is 37.6 Å². The molecule has 0 spiro atoms. The van der Waals surface area contributed by atoms with Crippen LogP contribution in [-0.2, 0) is 4.79 Å². The van der Waals surface area contributed by atoms with E-state index in [4.69, 9.17) is 5.11 Å². The Hall–Kier alpha value is -1.88. The van der Waals surface area contributed by atoms with E-state index >= 15 is 0 Å². The van der Waals surface area contributed by atoms with Gasteiger partial charge in [0.15, 0.2) is 0 Å². The summed E-state index contributed by atoms with van der Waals surface area (Å²) in [6.07, 6.45) is 0.720. The van der Waals surface area contributed by atoms with Crippen LogP contribution in [-0.4, -0.2) is 42.0 Å². The molecule has 0 aliphatic carbocycles. The molecule has 0 aromatic heterocycles. The van der Waals surface area contributed by atoms with Crippen molar-refractivity contribution in [1.29, 1.82) is 0 Å². The van der Waals surface area contributed by atoms with Crippen molar-refractivity contribution in [1.82, 2.24) is 4.90 Å². The molecule has 18 heavy (non-hydrogen) atoms. The van der Waals surface area contributed by atoms with Crippen molar-refractivity contribution < 1.29 is 14.7 Å². The number of aliphatic hydroxyl groups is 1. The molecule has 5 nitrogen and oxygen atoms in total. The molecule has 1 rings (SSSR count). The van der Waals surface area contributed by atoms with E-state index in [-0.39, 0.29) is 5.91 Å². The number of amides is 2. The Kier molecular flexibility index (Phi) is 5.32. The molecule has 0 bridgehead atoms. The molecule has 0 aliphatic rings. The van der Waals surface area contributed by atoms with E-state index in [9.17, 15) is 9.59 Å². The number of hydrogen-bond acceptors (Lipinski definition) is 3. The Labute approximate surface area is 106 Å². The molecule has 98 valence electrons. The molecule has 1 aromatic rings. The van der Waals surface area contributed by atoms with Crippen molar-refractivity contribution in [2.45, 2.75) is 19.4 Å². The van der Waals surface area contributed by atoms with E-state index in [1.165, 1.54) is 0 Å². The smallest absolute Gasteiger partial charge is 0.253 e. The Morgan fingerprint density at radius 1 is 1.44 bits per heavy atom. The van der Waals surface area contributed by atoms with E-state index in [0.717, 1.165) is 0 Å². The summed E-state index contributed by atoms with van der Waals surface area (Å²) in [4.78, 5) is 23.8. The van der Waals surface area contributed by atoms with Crippen LogP contribution in [0.1, 0.15) is 23.7 Å². The molecule has 1 atom stereocenters. The SMILES string of the molecule is CC(O)CCN(C)C(=O)c1ccc(NC=O)cc1. The standard InChI is InChI=1S/C13H18N2O3/c1-10(17)7-8-15(2)13(18)11-3-5-12(6-4-11)14-9-16/h3-6,9-10,17H,7-8H2,1-2H3,(H,14,16). The fourth-order valence-corrected chi connectivity index (χ4v) is 1.48. The van der Waals surface area contributed by atoms with E-state index in [1.54, 1.807) is 43.1 Å². The Bertz CT molecular complexity index is 401. The number of rotatable bonds is 6. The number of anilines is 1. The lowest BCUT2D eigenvalue weighted by Gasteiger charge is -2.18. The van der Waals surface area contributed by atoms with Crippen LogP contribution in [0.15, 0.2) is 24.3 Å². The van der Waals surface area contributed by atoms with Gasteiger partial charge in [-0.2, -0.15) is 0 Å². The van der Waals surface area contributed by atoms with Crippen molar-refractivity contribution in [2.75, 3.05) is 18.9 Å². The third-order valence-corrected chi connectivity index (χ3v) is 2.59. The number of carbonyl (C=O) groups excluding carboxylic acids is 2. The second-order valence-electron chi connectivity index (χ2n) is 4.20. The lowest BCUT2D eigenvalue weighted by molar-refractivity contribution is -0.105. The van der Waals surface area contributed by atoms with E-state index in [0.29, 0.717) is 30.6 Å². The van der Waals surface area contributed by atoms with Crippen LogP contribution in [0.4, 0.5) is 5.69 Å². The summed E-state index contributed by atoms with van der Waals surface area (Å²) in [5, 5.41) is 11.7. The van der Waals surface area contributed by atoms with Crippen LogP contribution in [0.3, 0.4) is 0 Å². The summed E-state index contributed by atoms with van der Waals surface area (Å²) in [5.74, 6) is -0.103. The Morgan fingerprint density at radius 2 is 2.06 bits per heavy atom. The topological polar surface area (TPSA) is 69.6 Å². The van der Waals surface area contributed by atoms with Gasteiger partial charge in [-0.25, -0.2) is 0 Å². The highest BCUT2D eigenvalue weighted by Gasteiger charge is 2.11. The monoisotopic (exact) mass is 250 g/mol. The first kappa shape index (κ1) is 14.2. The fraction of sp³-hybridized carbons (Fsp3) is 0.385. The predicted molar refractivity (Wildman–Crippen MR) is 69.4 cm³/mol. The summed E-state index contributed by atoms with van der Waals surface area (Å²) in [7, 11) is 1.70. The lowest BCUT2D eigenvalue weighted by atomic mass is 10.1. The quantitative estimate of drug-likeness (QED) is 0.743. The molecule has 5 heteroatoms. The third-order valence-electron chi connectivity index (χ3n) is 2.59. The zero-order chi connectivity index (χ0) is 13.5. The minimum atomic E-state index is -0.417. The van der Waals surface area contributed by atoms with Crippen LogP contribution in [0, 0.1) is 0 Å². The van der Waals surface area contributed by atoms with Crippen molar-refractivity contribution in [3.63, 3.8) is 0 Å². The summed E-state index contributed by atoms with van der Waals surface area (Å²) in [6, 6.07) is 6.66. The first-order valence-corrected chi connectivity index (χ1v) is 5.78. The van der Waals surface area contributed by atoms with Crippen LogP contribution < -0.4 is 5.32 Å². The predicted octanol–water partition coefficient (Wildman–Crippen LogP) is 1.10. The normalized spacial score (nSPS) is 11.7. The van der Waals surface area contributed by atoms with Gasteiger partial charge in [-0.1, -0.05) is 0 Å². The first-order chi connectivity index (χ1) is 8.54. The number of hydrogen-bond donors (Lipinski definition) is 2. The van der Waals surface area contributed by atoms with Gasteiger partial charge >= 0.3 is 0 Å². The zero-order valence-corrected chi connectivity index (χ0v) is 10.6. The van der Waals surface area contributed by atoms with Gasteiger partial charge in [0.2, 0.25) is 6.41 Å². The van der Waals surface area contributed by atoms with Gasteiger partial charge in [-0.3, -0.25) is 9.59 Å². The average molecular weight is 250 g/mol. The molecule has 0 saturated carbocycles. The highest BCUT2D eigenvalue weighted by molar-refractivity contribution is 5.94. The summed E-state index contributed by atoms with van der Waals surface area (Å²) in [5.41, 5.74) is 1.20. The number of carbonyl (C=O) groups is 2. The van der Waals surface area contributed by atoms with Gasteiger partial charge in [0.05, 0.1) is 6.10 Å². The van der Waals surface area contributed by atoms with Gasteiger partial charge in [0.1, 0.15) is 0 Å². The fourth-order valence-electron chi connectivity index (χ4n) is 1.48. The molecule has 1 unspecified atom stereocenters. The summed E-state index contributed by atoms with van der Waals surface area (Å²) in [6.45, 7) is 2.20. The number of nitrogens with zero attached hydrogens (tertiary/aromatic N) is 1. The summed E-state index contributed by atoms with van der Waals surface area (Å²) < 4.78 is 0. The van der Waals surface area contributed by atoms with Gasteiger partial charge < -0.3 is 15.3 Å². The largest absolute Gasteiger partial charge is 0.393 e. The molecule has 2 N–H and O–H groups in total. The molecule has 0 fully saturated rings. The van der Waals surface area contributed by atoms with Crippen molar-refractivity contribution in [3.05, 3.63) is 29.8 Å². The number of benzene rings is 1. The Balaban J connectivity index is 2.62. The van der Waals surface area contributed by atoms with E-state index < -0.39 is 6.10 Å². The molecule has 2 amide bonds. The maximum Gasteiger partial charge on any atom is 0.253 e. The van der Waals surface area contributed by atoms with Crippen molar-refractivity contribution in [3.8, 4) is 0 Å². The molecule has 0 heterocycles. The molecular formula is C13H18N2O3. The highest BCUT2D eigenvalue weighted by atomic mass is 16.3. The molecule has 1 aromatic carbocycles. The van der Waals surface area contributed by atoms with Gasteiger partial charge in [0.25, 0.3) is 5.91 Å². The van der Waals surface area contributed by atoms with Gasteiger partial charge in [-0.15, -0.1) is 0 Å². The van der Waals surface area contributed by atoms with Crippen LogP contribution in [0.5, 0.6) is 0 Å². The lowest BCUT2D eigenvalue weighted by Crippen LogP contribution is -2.29. The minimum absolute atomic E-state index is 0.103. The number of aliphatic hydroxyl groups excluding tert-OH is 1. The van der Waals surface area contributed by atoms with Crippen LogP contribution in [0.2, 0.25) is 0 Å². The third kappa shape index (κ3) is 4.18. The maximum absolute atomic E-state index is 12.0. The van der Waals surface area contributed by atoms with E-state index in [1.807, 2.05) is 0 Å². The van der Waals surface area contributed by atoms with Crippen molar-refractivity contribution in [2.24, 2.45) is 0 Å². The van der Waals surface area contributed by atoms with Gasteiger partial charge in [0, 0.05) is 24.8 Å². The average Bonchev–Trinajstić information content (AvgIpc) is 2.36.